The molecule has 1 rings (SSSR count). The molecule has 0 unspecified atom stereocenters. The summed E-state index contributed by atoms with van der Waals surface area (Å²) in [5, 5.41) is 8.52. The van der Waals surface area contributed by atoms with Crippen LogP contribution in [0.3, 0.4) is 0 Å². The van der Waals surface area contributed by atoms with Crippen molar-refractivity contribution in [1.29, 1.82) is 0 Å². The Morgan fingerprint density at radius 1 is 1.17 bits per heavy atom. The lowest BCUT2D eigenvalue weighted by Crippen LogP contribution is -2.01. The lowest BCUT2D eigenvalue weighted by Gasteiger charge is -2.04. The number of ether oxygens (including phenoxy) is 1. The van der Waals surface area contributed by atoms with Gasteiger partial charge in [0.15, 0.2) is 0 Å². The highest BCUT2D eigenvalue weighted by molar-refractivity contribution is 9.11. The second-order valence-corrected chi connectivity index (χ2v) is 4.01. The fraction of sp³-hybridized carbons (Fsp3) is 0.250. The summed E-state index contributed by atoms with van der Waals surface area (Å²) >= 11 is 6.66. The van der Waals surface area contributed by atoms with Gasteiger partial charge < -0.3 is 9.84 Å². The number of aliphatic hydroxyl groups excluding tert-OH is 1. The maximum Gasteiger partial charge on any atom is 0.121 e. The molecule has 12 heavy (non-hydrogen) atoms. The van der Waals surface area contributed by atoms with Gasteiger partial charge in [0.25, 0.3) is 0 Å². The summed E-state index contributed by atoms with van der Waals surface area (Å²) in [7, 11) is 0. The monoisotopic (exact) mass is 294 g/mol. The highest BCUT2D eigenvalue weighted by Gasteiger charge is 1.97. The number of aliphatic hydroxyl groups is 1. The first-order valence-corrected chi connectivity index (χ1v) is 5.01. The van der Waals surface area contributed by atoms with Gasteiger partial charge in [0.05, 0.1) is 6.61 Å². The van der Waals surface area contributed by atoms with Gasteiger partial charge in [-0.25, -0.2) is 0 Å². The van der Waals surface area contributed by atoms with Gasteiger partial charge >= 0.3 is 0 Å². The van der Waals surface area contributed by atoms with Crippen molar-refractivity contribution in [3.05, 3.63) is 27.1 Å². The molecule has 0 atom stereocenters. The second kappa shape index (κ2) is 4.84. The Bertz CT molecular complexity index is 243. The molecule has 1 N–H and O–H groups in total. The minimum absolute atomic E-state index is 0.0319. The molecule has 0 amide bonds. The molecule has 0 aliphatic carbocycles. The number of hydrogen-bond acceptors (Lipinski definition) is 2. The summed E-state index contributed by atoms with van der Waals surface area (Å²) in [5.41, 5.74) is 0. The van der Waals surface area contributed by atoms with Crippen molar-refractivity contribution < 1.29 is 9.84 Å². The highest BCUT2D eigenvalue weighted by Crippen LogP contribution is 2.24. The molecule has 1 aromatic carbocycles. The van der Waals surface area contributed by atoms with Crippen molar-refractivity contribution >= 4 is 31.9 Å². The summed E-state index contributed by atoms with van der Waals surface area (Å²) in [6.45, 7) is 0.354. The fourth-order valence-corrected chi connectivity index (χ4v) is 2.03. The van der Waals surface area contributed by atoms with E-state index in [2.05, 4.69) is 31.9 Å². The van der Waals surface area contributed by atoms with Crippen LogP contribution in [0.15, 0.2) is 27.1 Å². The van der Waals surface area contributed by atoms with E-state index in [1.165, 1.54) is 0 Å². The smallest absolute Gasteiger partial charge is 0.121 e. The van der Waals surface area contributed by atoms with E-state index in [9.17, 15) is 0 Å². The van der Waals surface area contributed by atoms with Crippen LogP contribution < -0.4 is 4.74 Å². The van der Waals surface area contributed by atoms with Crippen LogP contribution in [-0.4, -0.2) is 18.3 Å². The molecule has 0 bridgehead atoms. The van der Waals surface area contributed by atoms with Crippen molar-refractivity contribution in [2.75, 3.05) is 13.2 Å². The van der Waals surface area contributed by atoms with Gasteiger partial charge in [-0.05, 0) is 18.2 Å². The Kier molecular flexibility index (Phi) is 4.05. The van der Waals surface area contributed by atoms with E-state index in [0.29, 0.717) is 6.61 Å². The molecular formula is C8H8Br2O2. The average molecular weight is 296 g/mol. The van der Waals surface area contributed by atoms with Crippen LogP contribution in [0.1, 0.15) is 0 Å². The Morgan fingerprint density at radius 2 is 1.75 bits per heavy atom. The number of hydrogen-bond donors (Lipinski definition) is 1. The van der Waals surface area contributed by atoms with E-state index >= 15 is 0 Å². The molecule has 0 aliphatic rings. The molecule has 2 nitrogen and oxygen atoms in total. The minimum Gasteiger partial charge on any atom is -0.491 e. The summed E-state index contributed by atoms with van der Waals surface area (Å²) in [5.74, 6) is 0.741. The second-order valence-electron chi connectivity index (χ2n) is 2.18. The molecular weight excluding hydrogens is 288 g/mol. The van der Waals surface area contributed by atoms with Gasteiger partial charge in [-0.15, -0.1) is 0 Å². The Labute approximate surface area is 87.8 Å². The number of benzene rings is 1. The predicted molar refractivity (Wildman–Crippen MR) is 54.4 cm³/mol. The van der Waals surface area contributed by atoms with Gasteiger partial charge in [-0.3, -0.25) is 0 Å². The third-order valence-corrected chi connectivity index (χ3v) is 2.11. The maximum absolute atomic E-state index is 8.52. The Morgan fingerprint density at radius 3 is 2.25 bits per heavy atom. The van der Waals surface area contributed by atoms with Gasteiger partial charge in [0.2, 0.25) is 0 Å². The molecule has 66 valence electrons. The Balaban J connectivity index is 2.72. The average Bonchev–Trinajstić information content (AvgIpc) is 1.99. The topological polar surface area (TPSA) is 29.5 Å². The summed E-state index contributed by atoms with van der Waals surface area (Å²) < 4.78 is 7.10. The van der Waals surface area contributed by atoms with Crippen LogP contribution >= 0.6 is 31.9 Å². The third kappa shape index (κ3) is 3.13. The van der Waals surface area contributed by atoms with Crippen LogP contribution in [-0.2, 0) is 0 Å². The van der Waals surface area contributed by atoms with E-state index in [0.717, 1.165) is 14.7 Å². The molecule has 4 heteroatoms. The molecule has 0 spiro atoms. The normalized spacial score (nSPS) is 9.92. The zero-order chi connectivity index (χ0) is 8.97. The predicted octanol–water partition coefficient (Wildman–Crippen LogP) is 2.58. The molecule has 0 aromatic heterocycles. The quantitative estimate of drug-likeness (QED) is 0.929. The van der Waals surface area contributed by atoms with Gasteiger partial charge in [0, 0.05) is 8.95 Å². The molecule has 0 aliphatic heterocycles. The Hall–Kier alpha value is -0.0600. The van der Waals surface area contributed by atoms with Gasteiger partial charge in [-0.1, -0.05) is 31.9 Å². The van der Waals surface area contributed by atoms with Gasteiger partial charge in [0.1, 0.15) is 12.4 Å². The largest absolute Gasteiger partial charge is 0.491 e. The summed E-state index contributed by atoms with van der Waals surface area (Å²) in [6, 6.07) is 5.62. The molecule has 0 heterocycles. The van der Waals surface area contributed by atoms with Crippen LogP contribution in [0.5, 0.6) is 5.75 Å². The first-order chi connectivity index (χ1) is 5.72. The molecule has 0 saturated carbocycles. The van der Waals surface area contributed by atoms with Crippen molar-refractivity contribution in [2.45, 2.75) is 0 Å². The highest BCUT2D eigenvalue weighted by atomic mass is 79.9. The van der Waals surface area contributed by atoms with Crippen molar-refractivity contribution in [1.82, 2.24) is 0 Å². The minimum atomic E-state index is 0.0319. The van der Waals surface area contributed by atoms with E-state index in [1.54, 1.807) is 0 Å². The fourth-order valence-electron chi connectivity index (χ4n) is 0.775. The van der Waals surface area contributed by atoms with Crippen molar-refractivity contribution in [3.63, 3.8) is 0 Å². The van der Waals surface area contributed by atoms with Crippen LogP contribution in [0.2, 0.25) is 0 Å². The first-order valence-electron chi connectivity index (χ1n) is 3.42. The standard InChI is InChI=1S/C8H8Br2O2/c9-6-3-7(10)5-8(4-6)12-2-1-11/h3-5,11H,1-2H2. The lowest BCUT2D eigenvalue weighted by atomic mass is 10.3. The first kappa shape index (κ1) is 10.0. The van der Waals surface area contributed by atoms with Gasteiger partial charge in [-0.2, -0.15) is 0 Å². The van der Waals surface area contributed by atoms with E-state index in [1.807, 2.05) is 18.2 Å². The third-order valence-electron chi connectivity index (χ3n) is 1.20. The zero-order valence-corrected chi connectivity index (χ0v) is 9.43. The van der Waals surface area contributed by atoms with Crippen LogP contribution in [0.4, 0.5) is 0 Å². The van der Waals surface area contributed by atoms with E-state index in [-0.39, 0.29) is 6.61 Å². The molecule has 0 saturated heterocycles. The number of rotatable bonds is 3. The van der Waals surface area contributed by atoms with E-state index < -0.39 is 0 Å². The molecule has 0 fully saturated rings. The van der Waals surface area contributed by atoms with Crippen LogP contribution in [0.25, 0.3) is 0 Å². The maximum atomic E-state index is 8.52. The summed E-state index contributed by atoms with van der Waals surface area (Å²) in [4.78, 5) is 0. The number of halogens is 2. The van der Waals surface area contributed by atoms with Crippen molar-refractivity contribution in [3.8, 4) is 5.75 Å². The van der Waals surface area contributed by atoms with Crippen molar-refractivity contribution in [2.24, 2.45) is 0 Å². The SMILES string of the molecule is OCCOc1cc(Br)cc(Br)c1. The lowest BCUT2D eigenvalue weighted by molar-refractivity contribution is 0.201. The molecule has 1 aromatic rings. The van der Waals surface area contributed by atoms with Crippen LogP contribution in [0, 0.1) is 0 Å². The van der Waals surface area contributed by atoms with E-state index in [4.69, 9.17) is 9.84 Å². The molecule has 0 radical (unpaired) electrons. The summed E-state index contributed by atoms with van der Waals surface area (Å²) in [6.07, 6.45) is 0. The zero-order valence-electron chi connectivity index (χ0n) is 6.26.